The van der Waals surface area contributed by atoms with Gasteiger partial charge in [0.25, 0.3) is 0 Å². The topological polar surface area (TPSA) is 56.8 Å². The summed E-state index contributed by atoms with van der Waals surface area (Å²) in [5.74, 6) is -0.292. The molecule has 0 heterocycles. The van der Waals surface area contributed by atoms with Crippen LogP contribution in [0, 0.1) is 11.2 Å². The molecule has 5 rings (SSSR count). The Morgan fingerprint density at radius 2 is 1.90 bits per heavy atom. The van der Waals surface area contributed by atoms with Crippen molar-refractivity contribution in [1.29, 1.82) is 0 Å². The van der Waals surface area contributed by atoms with E-state index in [-0.39, 0.29) is 47.4 Å². The van der Waals surface area contributed by atoms with Crippen LogP contribution in [0.25, 0.3) is 0 Å². The van der Waals surface area contributed by atoms with E-state index in [2.05, 4.69) is 10.1 Å². The third-order valence-electron chi connectivity index (χ3n) is 6.36. The predicted octanol–water partition coefficient (Wildman–Crippen LogP) is 4.76. The highest BCUT2D eigenvalue weighted by Crippen LogP contribution is 2.69. The first-order valence-electron chi connectivity index (χ1n) is 10.3. The summed E-state index contributed by atoms with van der Waals surface area (Å²) in [6.07, 6.45) is -1.06. The van der Waals surface area contributed by atoms with Crippen molar-refractivity contribution in [1.82, 2.24) is 5.32 Å². The van der Waals surface area contributed by atoms with E-state index in [1.54, 1.807) is 6.07 Å². The van der Waals surface area contributed by atoms with Crippen molar-refractivity contribution in [3.05, 3.63) is 29.0 Å². The largest absolute Gasteiger partial charge is 0.522 e. The van der Waals surface area contributed by atoms with E-state index in [0.717, 1.165) is 32.1 Å². The summed E-state index contributed by atoms with van der Waals surface area (Å²) in [6.45, 7) is 0.333. The van der Waals surface area contributed by atoms with Crippen molar-refractivity contribution in [2.24, 2.45) is 5.41 Å². The molecule has 0 saturated heterocycles. The van der Waals surface area contributed by atoms with Crippen molar-refractivity contribution < 1.29 is 36.6 Å². The van der Waals surface area contributed by atoms with E-state index in [0.29, 0.717) is 12.4 Å². The molecule has 5 nitrogen and oxygen atoms in total. The van der Waals surface area contributed by atoms with E-state index < -0.39 is 18.3 Å². The van der Waals surface area contributed by atoms with Crippen LogP contribution in [0.15, 0.2) is 18.2 Å². The highest BCUT2D eigenvalue weighted by molar-refractivity contribution is 6.30. The van der Waals surface area contributed by atoms with Crippen LogP contribution < -0.4 is 10.1 Å². The molecule has 4 aliphatic carbocycles. The minimum Gasteiger partial charge on any atom is -0.493 e. The molecule has 172 valence electrons. The van der Waals surface area contributed by atoms with E-state index in [4.69, 9.17) is 21.1 Å². The molecule has 0 spiro atoms. The van der Waals surface area contributed by atoms with Crippen LogP contribution in [0.1, 0.15) is 44.9 Å². The second kappa shape index (κ2) is 8.41. The van der Waals surface area contributed by atoms with Crippen molar-refractivity contribution in [2.75, 3.05) is 13.2 Å². The Hall–Kier alpha value is -1.58. The van der Waals surface area contributed by atoms with E-state index in [9.17, 15) is 22.4 Å². The monoisotopic (exact) mass is 465 g/mol. The van der Waals surface area contributed by atoms with Gasteiger partial charge in [0, 0.05) is 24.4 Å². The highest BCUT2D eigenvalue weighted by Gasteiger charge is 2.67. The smallest absolute Gasteiger partial charge is 0.493 e. The number of amides is 1. The van der Waals surface area contributed by atoms with Gasteiger partial charge in [0.15, 0.2) is 0 Å². The summed E-state index contributed by atoms with van der Waals surface area (Å²) >= 11 is 5.64. The Balaban J connectivity index is 1.06. The first-order valence-corrected chi connectivity index (χ1v) is 10.7. The zero-order chi connectivity index (χ0) is 22.3. The molecule has 0 aromatic heterocycles. The first kappa shape index (κ1) is 22.6. The third kappa shape index (κ3) is 5.43. The molecule has 0 aliphatic heterocycles. The third-order valence-corrected chi connectivity index (χ3v) is 6.66. The summed E-state index contributed by atoms with van der Waals surface area (Å²) in [5.41, 5.74) is 0.0705. The van der Waals surface area contributed by atoms with Crippen LogP contribution in [0.4, 0.5) is 17.6 Å². The normalized spacial score (nSPS) is 31.3. The van der Waals surface area contributed by atoms with Crippen LogP contribution in [0.3, 0.4) is 0 Å². The van der Waals surface area contributed by atoms with E-state index in [1.807, 2.05) is 0 Å². The number of halogens is 5. The van der Waals surface area contributed by atoms with Gasteiger partial charge in [-0.1, -0.05) is 11.6 Å². The molecule has 1 N–H and O–H groups in total. The maximum atomic E-state index is 13.4. The van der Waals surface area contributed by atoms with Gasteiger partial charge in [-0.2, -0.15) is 0 Å². The quantitative estimate of drug-likeness (QED) is 0.400. The lowest BCUT2D eigenvalue weighted by molar-refractivity contribution is -0.357. The average Bonchev–Trinajstić information content (AvgIpc) is 2.58. The number of benzene rings is 1. The molecular formula is C21H24ClF4NO4. The van der Waals surface area contributed by atoms with E-state index in [1.165, 1.54) is 12.1 Å². The van der Waals surface area contributed by atoms with Gasteiger partial charge in [0.2, 0.25) is 5.91 Å². The zero-order valence-corrected chi connectivity index (χ0v) is 17.5. The fraction of sp³-hybridized carbons (Fsp3) is 0.667. The SMILES string of the molecule is O=C(COC1CC(OC(F)(F)F)C1)NC12CC(CCCOc3ccc(Cl)c(F)c3)(C1)C2. The minimum atomic E-state index is -4.63. The van der Waals surface area contributed by atoms with Crippen LogP contribution in [-0.4, -0.2) is 43.2 Å². The van der Waals surface area contributed by atoms with Crippen molar-refractivity contribution in [3.63, 3.8) is 0 Å². The molecule has 1 amide bonds. The van der Waals surface area contributed by atoms with Gasteiger partial charge in [0.1, 0.15) is 18.2 Å². The molecule has 31 heavy (non-hydrogen) atoms. The molecule has 4 aliphatic rings. The van der Waals surface area contributed by atoms with E-state index >= 15 is 0 Å². The number of alkyl halides is 3. The number of ether oxygens (including phenoxy) is 3. The zero-order valence-electron chi connectivity index (χ0n) is 16.8. The molecule has 2 bridgehead atoms. The lowest BCUT2D eigenvalue weighted by Gasteiger charge is -2.71. The predicted molar refractivity (Wildman–Crippen MR) is 103 cm³/mol. The van der Waals surface area contributed by atoms with Gasteiger partial charge in [0.05, 0.1) is 23.8 Å². The van der Waals surface area contributed by atoms with Crippen LogP contribution >= 0.6 is 11.6 Å². The summed E-state index contributed by atoms with van der Waals surface area (Å²) < 4.78 is 64.5. The van der Waals surface area contributed by atoms with Crippen molar-refractivity contribution >= 4 is 17.5 Å². The number of hydrogen-bond donors (Lipinski definition) is 1. The van der Waals surface area contributed by atoms with Crippen molar-refractivity contribution in [3.8, 4) is 5.75 Å². The van der Waals surface area contributed by atoms with Crippen molar-refractivity contribution in [2.45, 2.75) is 69.1 Å². The minimum absolute atomic E-state index is 0.0614. The first-order chi connectivity index (χ1) is 14.6. The molecule has 0 unspecified atom stereocenters. The molecule has 0 atom stereocenters. The Morgan fingerprint density at radius 1 is 1.19 bits per heavy atom. The standard InChI is InChI=1S/C21H24ClF4NO4/c22-16-3-2-13(8-17(16)23)29-5-1-4-19-10-20(11-19,12-19)27-18(28)9-30-14-6-15(7-14)31-21(24,25)26/h2-3,8,14-15H,1,4-7,9-12H2,(H,27,28). The summed E-state index contributed by atoms with van der Waals surface area (Å²) in [6, 6.07) is 4.36. The second-order valence-electron chi connectivity index (χ2n) is 8.98. The molecule has 4 fully saturated rings. The molecule has 1 aromatic carbocycles. The lowest BCUT2D eigenvalue weighted by Crippen LogP contribution is -2.74. The van der Waals surface area contributed by atoms with Gasteiger partial charge in [-0.15, -0.1) is 13.2 Å². The van der Waals surface area contributed by atoms with Gasteiger partial charge in [-0.05, 0) is 49.7 Å². The number of rotatable bonds is 10. The van der Waals surface area contributed by atoms with Crippen LogP contribution in [-0.2, 0) is 14.3 Å². The van der Waals surface area contributed by atoms with Crippen LogP contribution in [0.5, 0.6) is 5.75 Å². The van der Waals surface area contributed by atoms with Gasteiger partial charge in [-0.3, -0.25) is 9.53 Å². The molecule has 1 aromatic rings. The second-order valence-corrected chi connectivity index (χ2v) is 9.38. The average molecular weight is 466 g/mol. The lowest BCUT2D eigenvalue weighted by atomic mass is 9.38. The fourth-order valence-corrected chi connectivity index (χ4v) is 5.18. The number of nitrogens with one attached hydrogen (secondary N) is 1. The number of hydrogen-bond acceptors (Lipinski definition) is 4. The van der Waals surface area contributed by atoms with Crippen LogP contribution in [0.2, 0.25) is 5.02 Å². The maximum Gasteiger partial charge on any atom is 0.522 e. The summed E-state index contributed by atoms with van der Waals surface area (Å²) in [4.78, 5) is 12.1. The summed E-state index contributed by atoms with van der Waals surface area (Å²) in [5, 5.41) is 3.07. The highest BCUT2D eigenvalue weighted by atomic mass is 35.5. The Kier molecular flexibility index (Phi) is 6.13. The van der Waals surface area contributed by atoms with Gasteiger partial charge >= 0.3 is 6.36 Å². The Labute approximate surface area is 182 Å². The summed E-state index contributed by atoms with van der Waals surface area (Å²) in [7, 11) is 0. The maximum absolute atomic E-state index is 13.4. The molecule has 0 radical (unpaired) electrons. The molecule has 10 heteroatoms. The molecular weight excluding hydrogens is 442 g/mol. The molecule has 4 saturated carbocycles. The van der Waals surface area contributed by atoms with Gasteiger partial charge < -0.3 is 14.8 Å². The number of carbonyl (C=O) groups excluding carboxylic acids is 1. The Bertz CT molecular complexity index is 808. The van der Waals surface area contributed by atoms with Gasteiger partial charge in [-0.25, -0.2) is 4.39 Å². The Morgan fingerprint density at radius 3 is 2.55 bits per heavy atom. The number of carbonyl (C=O) groups is 1. The fourth-order valence-electron chi connectivity index (χ4n) is 5.06.